The molecule has 6 nitrogen and oxygen atoms in total. The number of carbonyl (C=O) groups is 1. The Labute approximate surface area is 150 Å². The number of pyridine rings is 1. The van der Waals surface area contributed by atoms with E-state index in [0.717, 1.165) is 0 Å². The van der Waals surface area contributed by atoms with Crippen LogP contribution in [0, 0.1) is 5.82 Å². The van der Waals surface area contributed by atoms with Gasteiger partial charge in [-0.3, -0.25) is 4.79 Å². The summed E-state index contributed by atoms with van der Waals surface area (Å²) in [6.45, 7) is 4.96. The molecule has 1 N–H and O–H groups in total. The van der Waals surface area contributed by atoms with Crippen molar-refractivity contribution < 1.29 is 18.7 Å². The van der Waals surface area contributed by atoms with Crippen molar-refractivity contribution in [1.29, 1.82) is 0 Å². The second-order valence-electron chi connectivity index (χ2n) is 5.59. The quantitative estimate of drug-likeness (QED) is 0.705. The van der Waals surface area contributed by atoms with Crippen LogP contribution in [-0.2, 0) is 6.54 Å². The first-order valence-corrected chi connectivity index (χ1v) is 8.41. The smallest absolute Gasteiger partial charge is 0.251 e. The Morgan fingerprint density at radius 1 is 1.12 bits per heavy atom. The van der Waals surface area contributed by atoms with E-state index in [2.05, 4.69) is 10.3 Å². The lowest BCUT2D eigenvalue weighted by Gasteiger charge is -2.10. The molecule has 0 saturated carbocycles. The lowest BCUT2D eigenvalue weighted by molar-refractivity contribution is 0.0949. The maximum absolute atomic E-state index is 13.2. The number of benzene rings is 1. The number of imidazole rings is 1. The highest BCUT2D eigenvalue weighted by atomic mass is 19.1. The second-order valence-corrected chi connectivity index (χ2v) is 5.59. The molecule has 3 aromatic rings. The summed E-state index contributed by atoms with van der Waals surface area (Å²) >= 11 is 0. The van der Waals surface area contributed by atoms with Crippen molar-refractivity contribution in [2.24, 2.45) is 0 Å². The van der Waals surface area contributed by atoms with Gasteiger partial charge in [-0.2, -0.15) is 0 Å². The molecule has 0 spiro atoms. The number of hydrogen-bond donors (Lipinski definition) is 1. The maximum Gasteiger partial charge on any atom is 0.251 e. The summed E-state index contributed by atoms with van der Waals surface area (Å²) < 4.78 is 25.8. The van der Waals surface area contributed by atoms with Gasteiger partial charge in [-0.1, -0.05) is 0 Å². The molecule has 0 aliphatic rings. The summed E-state index contributed by atoms with van der Waals surface area (Å²) in [5.41, 5.74) is 1.69. The molecule has 0 aliphatic carbocycles. The van der Waals surface area contributed by atoms with E-state index in [4.69, 9.17) is 9.47 Å². The molecule has 26 heavy (non-hydrogen) atoms. The van der Waals surface area contributed by atoms with Crippen LogP contribution in [0.1, 0.15) is 29.9 Å². The van der Waals surface area contributed by atoms with Gasteiger partial charge in [0.05, 0.1) is 25.5 Å². The van der Waals surface area contributed by atoms with Crippen molar-refractivity contribution in [3.63, 3.8) is 0 Å². The van der Waals surface area contributed by atoms with Crippen LogP contribution in [0.25, 0.3) is 5.65 Å². The molecule has 0 saturated heterocycles. The fourth-order valence-electron chi connectivity index (χ4n) is 2.58. The number of aromatic nitrogens is 2. The maximum atomic E-state index is 13.2. The highest BCUT2D eigenvalue weighted by molar-refractivity contribution is 5.95. The predicted molar refractivity (Wildman–Crippen MR) is 95.1 cm³/mol. The zero-order chi connectivity index (χ0) is 18.5. The van der Waals surface area contributed by atoms with E-state index in [1.165, 1.54) is 12.3 Å². The monoisotopic (exact) mass is 357 g/mol. The lowest BCUT2D eigenvalue weighted by Crippen LogP contribution is -2.23. The first kappa shape index (κ1) is 17.7. The van der Waals surface area contributed by atoms with Crippen molar-refractivity contribution in [3.8, 4) is 11.5 Å². The number of ether oxygens (including phenoxy) is 2. The van der Waals surface area contributed by atoms with Gasteiger partial charge in [0.15, 0.2) is 0 Å². The molecule has 136 valence electrons. The Kier molecular flexibility index (Phi) is 5.36. The van der Waals surface area contributed by atoms with Crippen molar-refractivity contribution in [2.75, 3.05) is 13.2 Å². The first-order valence-electron chi connectivity index (χ1n) is 8.41. The molecule has 1 aromatic carbocycles. The Hall–Kier alpha value is -3.09. The fourth-order valence-corrected chi connectivity index (χ4v) is 2.58. The predicted octanol–water partition coefficient (Wildman–Crippen LogP) is 3.20. The number of carbonyl (C=O) groups excluding carboxylic acids is 1. The molecule has 0 unspecified atom stereocenters. The van der Waals surface area contributed by atoms with E-state index in [9.17, 15) is 9.18 Å². The van der Waals surface area contributed by atoms with Gasteiger partial charge in [0, 0.05) is 24.0 Å². The third kappa shape index (κ3) is 4.11. The van der Waals surface area contributed by atoms with Gasteiger partial charge in [0.2, 0.25) is 0 Å². The fraction of sp³-hybridized carbons (Fsp3) is 0.263. The van der Waals surface area contributed by atoms with E-state index < -0.39 is 0 Å². The lowest BCUT2D eigenvalue weighted by atomic mass is 10.2. The molecule has 0 fully saturated rings. The minimum atomic E-state index is -0.346. The van der Waals surface area contributed by atoms with E-state index in [1.54, 1.807) is 34.9 Å². The minimum Gasteiger partial charge on any atom is -0.494 e. The van der Waals surface area contributed by atoms with E-state index in [0.29, 0.717) is 41.6 Å². The number of nitrogens with one attached hydrogen (secondary N) is 1. The number of amides is 1. The average Bonchev–Trinajstić information content (AvgIpc) is 3.02. The van der Waals surface area contributed by atoms with Gasteiger partial charge >= 0.3 is 0 Å². The van der Waals surface area contributed by atoms with E-state index >= 15 is 0 Å². The summed E-state index contributed by atoms with van der Waals surface area (Å²) in [6, 6.07) is 8.01. The third-order valence-corrected chi connectivity index (χ3v) is 3.66. The Morgan fingerprint density at radius 3 is 2.46 bits per heavy atom. The van der Waals surface area contributed by atoms with Crippen LogP contribution < -0.4 is 14.8 Å². The zero-order valence-corrected chi connectivity index (χ0v) is 14.7. The van der Waals surface area contributed by atoms with Gasteiger partial charge in [-0.25, -0.2) is 9.37 Å². The summed E-state index contributed by atoms with van der Waals surface area (Å²) in [6.07, 6.45) is 3.02. The van der Waals surface area contributed by atoms with Gasteiger partial charge in [-0.15, -0.1) is 0 Å². The van der Waals surface area contributed by atoms with Gasteiger partial charge in [0.1, 0.15) is 23.0 Å². The van der Waals surface area contributed by atoms with Crippen LogP contribution in [0.4, 0.5) is 4.39 Å². The summed E-state index contributed by atoms with van der Waals surface area (Å²) in [5, 5.41) is 2.81. The van der Waals surface area contributed by atoms with Crippen LogP contribution >= 0.6 is 0 Å². The third-order valence-electron chi connectivity index (χ3n) is 3.66. The van der Waals surface area contributed by atoms with Crippen LogP contribution in [0.2, 0.25) is 0 Å². The number of rotatable bonds is 7. The van der Waals surface area contributed by atoms with E-state index in [-0.39, 0.29) is 18.3 Å². The van der Waals surface area contributed by atoms with Gasteiger partial charge in [0.25, 0.3) is 5.91 Å². The molecule has 0 aliphatic heterocycles. The normalized spacial score (nSPS) is 10.7. The Balaban J connectivity index is 1.73. The van der Waals surface area contributed by atoms with Crippen molar-refractivity contribution in [3.05, 3.63) is 59.8 Å². The largest absolute Gasteiger partial charge is 0.494 e. The summed E-state index contributed by atoms with van der Waals surface area (Å²) in [4.78, 5) is 16.8. The van der Waals surface area contributed by atoms with E-state index in [1.807, 2.05) is 13.8 Å². The van der Waals surface area contributed by atoms with Gasteiger partial charge < -0.3 is 19.2 Å². The highest BCUT2D eigenvalue weighted by Gasteiger charge is 2.11. The molecule has 0 radical (unpaired) electrons. The molecule has 1 amide bonds. The van der Waals surface area contributed by atoms with Crippen LogP contribution in [0.3, 0.4) is 0 Å². The average molecular weight is 357 g/mol. The summed E-state index contributed by atoms with van der Waals surface area (Å²) in [5.74, 6) is 0.538. The molecule has 2 aromatic heterocycles. The Morgan fingerprint density at radius 2 is 1.81 bits per heavy atom. The minimum absolute atomic E-state index is 0.227. The standard InChI is InChI=1S/C19H20FN3O3/c1-3-25-16-7-13(8-17(9-16)26-4-2)19(24)21-10-15-12-23-11-14(20)5-6-18(23)22-15/h5-9,11-12H,3-4,10H2,1-2H3,(H,21,24). The number of nitrogens with zero attached hydrogens (tertiary/aromatic N) is 2. The molecule has 2 heterocycles. The molecule has 0 bridgehead atoms. The molecule has 7 heteroatoms. The molecule has 0 atom stereocenters. The second kappa shape index (κ2) is 7.86. The number of hydrogen-bond acceptors (Lipinski definition) is 4. The molecule has 3 rings (SSSR count). The van der Waals surface area contributed by atoms with Crippen molar-refractivity contribution >= 4 is 11.6 Å². The first-order chi connectivity index (χ1) is 12.6. The van der Waals surface area contributed by atoms with Crippen LogP contribution in [-0.4, -0.2) is 28.5 Å². The van der Waals surface area contributed by atoms with Crippen LogP contribution in [0.15, 0.2) is 42.7 Å². The summed E-state index contributed by atoms with van der Waals surface area (Å²) in [7, 11) is 0. The van der Waals surface area contributed by atoms with Crippen molar-refractivity contribution in [2.45, 2.75) is 20.4 Å². The Bertz CT molecular complexity index is 899. The van der Waals surface area contributed by atoms with Crippen molar-refractivity contribution in [1.82, 2.24) is 14.7 Å². The zero-order valence-electron chi connectivity index (χ0n) is 14.7. The van der Waals surface area contributed by atoms with Gasteiger partial charge in [-0.05, 0) is 38.1 Å². The molecular formula is C19H20FN3O3. The SMILES string of the molecule is CCOc1cc(OCC)cc(C(=O)NCc2cn3cc(F)ccc3n2)c1. The number of halogens is 1. The highest BCUT2D eigenvalue weighted by Crippen LogP contribution is 2.23. The molecular weight excluding hydrogens is 337 g/mol. The number of fused-ring (bicyclic) bond motifs is 1. The topological polar surface area (TPSA) is 64.9 Å². The van der Waals surface area contributed by atoms with Crippen LogP contribution in [0.5, 0.6) is 11.5 Å².